The fraction of sp³-hybridized carbons (Fsp3) is 0.889. The highest BCUT2D eigenvalue weighted by atomic mass is 32.2. The van der Waals surface area contributed by atoms with Crippen LogP contribution in [0.2, 0.25) is 0 Å². The van der Waals surface area contributed by atoms with Crippen molar-refractivity contribution in [2.45, 2.75) is 38.0 Å². The van der Waals surface area contributed by atoms with Crippen molar-refractivity contribution < 1.29 is 13.2 Å². The van der Waals surface area contributed by atoms with Gasteiger partial charge in [0, 0.05) is 13.6 Å². The number of carbonyl (C=O) groups is 1. The second-order valence-electron chi connectivity index (χ2n) is 3.98. The summed E-state index contributed by atoms with van der Waals surface area (Å²) in [6.07, 6.45) is 1.37. The molecule has 1 aliphatic heterocycles. The number of nitrogens with zero attached hydrogens (tertiary/aromatic N) is 1. The molecule has 0 aromatic rings. The lowest BCUT2D eigenvalue weighted by Gasteiger charge is -2.24. The van der Waals surface area contributed by atoms with Gasteiger partial charge in [-0.15, -0.1) is 0 Å². The molecule has 1 heterocycles. The lowest BCUT2D eigenvalue weighted by Crippen LogP contribution is -2.47. The van der Waals surface area contributed by atoms with Crippen LogP contribution in [-0.2, 0) is 14.8 Å². The molecule has 1 N–H and O–H groups in total. The molecule has 6 heteroatoms. The first-order chi connectivity index (χ1) is 6.91. The molecule has 15 heavy (non-hydrogen) atoms. The summed E-state index contributed by atoms with van der Waals surface area (Å²) < 4.78 is 25.1. The second kappa shape index (κ2) is 4.49. The molecule has 0 bridgehead atoms. The Kier molecular flexibility index (Phi) is 3.72. The number of likely N-dealkylation sites (N-methyl/N-ethyl adjacent to an activating group) is 1. The molecule has 88 valence electrons. The van der Waals surface area contributed by atoms with Gasteiger partial charge in [0.25, 0.3) is 0 Å². The van der Waals surface area contributed by atoms with Gasteiger partial charge in [-0.05, 0) is 26.7 Å². The summed E-state index contributed by atoms with van der Waals surface area (Å²) in [6, 6.07) is -0.512. The summed E-state index contributed by atoms with van der Waals surface area (Å²) in [4.78, 5) is 11.5. The minimum atomic E-state index is -3.31. The summed E-state index contributed by atoms with van der Waals surface area (Å²) in [5.41, 5.74) is 0. The van der Waals surface area contributed by atoms with Crippen LogP contribution in [-0.4, -0.2) is 43.5 Å². The van der Waals surface area contributed by atoms with Gasteiger partial charge in [-0.1, -0.05) is 0 Å². The van der Waals surface area contributed by atoms with E-state index in [4.69, 9.17) is 0 Å². The third-order valence-corrected chi connectivity index (χ3v) is 4.96. The van der Waals surface area contributed by atoms with Crippen LogP contribution in [0.5, 0.6) is 0 Å². The number of hydrogen-bond acceptors (Lipinski definition) is 3. The van der Waals surface area contributed by atoms with Gasteiger partial charge in [0.15, 0.2) is 0 Å². The fourth-order valence-corrected chi connectivity index (χ4v) is 3.23. The van der Waals surface area contributed by atoms with E-state index in [0.717, 1.165) is 6.42 Å². The van der Waals surface area contributed by atoms with E-state index in [1.165, 1.54) is 11.4 Å². The first-order valence-corrected chi connectivity index (χ1v) is 6.64. The number of nitrogens with one attached hydrogen (secondary N) is 1. The minimum Gasteiger partial charge on any atom is -0.358 e. The maximum absolute atomic E-state index is 11.9. The van der Waals surface area contributed by atoms with Gasteiger partial charge in [0.1, 0.15) is 6.04 Å². The van der Waals surface area contributed by atoms with Crippen LogP contribution in [0, 0.1) is 0 Å². The van der Waals surface area contributed by atoms with Gasteiger partial charge in [-0.3, -0.25) is 4.79 Å². The first kappa shape index (κ1) is 12.4. The molecule has 0 aromatic carbocycles. The highest BCUT2D eigenvalue weighted by Crippen LogP contribution is 2.23. The van der Waals surface area contributed by atoms with Crippen LogP contribution in [0.15, 0.2) is 0 Å². The van der Waals surface area contributed by atoms with Crippen molar-refractivity contribution in [3.05, 3.63) is 0 Å². The molecule has 0 spiro atoms. The molecule has 1 rings (SSSR count). The third kappa shape index (κ3) is 2.31. The smallest absolute Gasteiger partial charge is 0.238 e. The van der Waals surface area contributed by atoms with Crippen LogP contribution in [0.1, 0.15) is 26.7 Å². The minimum absolute atomic E-state index is 0.211. The predicted molar refractivity (Wildman–Crippen MR) is 57.9 cm³/mol. The Morgan fingerprint density at radius 3 is 2.53 bits per heavy atom. The molecule has 0 aliphatic carbocycles. The predicted octanol–water partition coefficient (Wildman–Crippen LogP) is -0.0650. The van der Waals surface area contributed by atoms with Crippen molar-refractivity contribution in [3.63, 3.8) is 0 Å². The van der Waals surface area contributed by atoms with E-state index in [0.29, 0.717) is 13.0 Å². The third-order valence-electron chi connectivity index (χ3n) is 2.68. The summed E-state index contributed by atoms with van der Waals surface area (Å²) in [6.45, 7) is 3.72. The SMILES string of the molecule is CNC(=O)C1CCCN1S(=O)(=O)C(C)C. The Morgan fingerprint density at radius 1 is 1.47 bits per heavy atom. The Balaban J connectivity index is 2.91. The van der Waals surface area contributed by atoms with Gasteiger partial charge in [0.05, 0.1) is 5.25 Å². The van der Waals surface area contributed by atoms with E-state index < -0.39 is 21.3 Å². The van der Waals surface area contributed by atoms with Crippen molar-refractivity contribution in [1.82, 2.24) is 9.62 Å². The molecule has 1 fully saturated rings. The van der Waals surface area contributed by atoms with Crippen molar-refractivity contribution in [1.29, 1.82) is 0 Å². The average Bonchev–Trinajstić information content (AvgIpc) is 2.65. The second-order valence-corrected chi connectivity index (χ2v) is 6.42. The topological polar surface area (TPSA) is 66.5 Å². The van der Waals surface area contributed by atoms with E-state index in [-0.39, 0.29) is 5.91 Å². The molecule has 0 aromatic heterocycles. The molecule has 1 atom stereocenters. The molecule has 0 saturated carbocycles. The molecule has 1 unspecified atom stereocenters. The monoisotopic (exact) mass is 234 g/mol. The van der Waals surface area contributed by atoms with Gasteiger partial charge in [-0.25, -0.2) is 8.42 Å². The van der Waals surface area contributed by atoms with Crippen LogP contribution in [0.25, 0.3) is 0 Å². The lowest BCUT2D eigenvalue weighted by molar-refractivity contribution is -0.123. The lowest BCUT2D eigenvalue weighted by atomic mass is 10.2. The first-order valence-electron chi connectivity index (χ1n) is 5.13. The van der Waals surface area contributed by atoms with Gasteiger partial charge >= 0.3 is 0 Å². The van der Waals surface area contributed by atoms with Crippen LogP contribution in [0.3, 0.4) is 0 Å². The zero-order valence-electron chi connectivity index (χ0n) is 9.36. The molecule has 0 radical (unpaired) electrons. The summed E-state index contributed by atoms with van der Waals surface area (Å²) in [5, 5.41) is 2.03. The van der Waals surface area contributed by atoms with Crippen molar-refractivity contribution in [2.24, 2.45) is 0 Å². The molecule has 1 amide bonds. The molecule has 5 nitrogen and oxygen atoms in total. The van der Waals surface area contributed by atoms with E-state index in [1.807, 2.05) is 0 Å². The normalized spacial score (nSPS) is 23.3. The number of amides is 1. The van der Waals surface area contributed by atoms with E-state index in [2.05, 4.69) is 5.32 Å². The average molecular weight is 234 g/mol. The van der Waals surface area contributed by atoms with Crippen molar-refractivity contribution in [3.8, 4) is 0 Å². The highest BCUT2D eigenvalue weighted by Gasteiger charge is 2.39. The van der Waals surface area contributed by atoms with Crippen LogP contribution in [0.4, 0.5) is 0 Å². The Labute approximate surface area is 90.9 Å². The molecule has 1 saturated heterocycles. The highest BCUT2D eigenvalue weighted by molar-refractivity contribution is 7.89. The van der Waals surface area contributed by atoms with Gasteiger partial charge < -0.3 is 5.32 Å². The number of carbonyl (C=O) groups excluding carboxylic acids is 1. The van der Waals surface area contributed by atoms with Gasteiger partial charge in [0.2, 0.25) is 15.9 Å². The number of hydrogen-bond donors (Lipinski definition) is 1. The summed E-state index contributed by atoms with van der Waals surface area (Å²) in [5.74, 6) is -0.211. The maximum Gasteiger partial charge on any atom is 0.238 e. The molecular formula is C9H18N2O3S. The standard InChI is InChI=1S/C9H18N2O3S/c1-7(2)15(13,14)11-6-4-5-8(11)9(12)10-3/h7-8H,4-6H2,1-3H3,(H,10,12). The van der Waals surface area contributed by atoms with Crippen molar-refractivity contribution in [2.75, 3.05) is 13.6 Å². The summed E-state index contributed by atoms with van der Waals surface area (Å²) >= 11 is 0. The van der Waals surface area contributed by atoms with Crippen LogP contribution < -0.4 is 5.32 Å². The number of sulfonamides is 1. The maximum atomic E-state index is 11.9. The van der Waals surface area contributed by atoms with Gasteiger partial charge in [-0.2, -0.15) is 4.31 Å². The van der Waals surface area contributed by atoms with E-state index in [1.54, 1.807) is 13.8 Å². The zero-order chi connectivity index (χ0) is 11.6. The number of rotatable bonds is 3. The summed E-state index contributed by atoms with van der Waals surface area (Å²) in [7, 11) is -1.78. The largest absolute Gasteiger partial charge is 0.358 e. The van der Waals surface area contributed by atoms with Crippen molar-refractivity contribution >= 4 is 15.9 Å². The Hall–Kier alpha value is -0.620. The molecule has 1 aliphatic rings. The van der Waals surface area contributed by atoms with Crippen LogP contribution >= 0.6 is 0 Å². The van der Waals surface area contributed by atoms with E-state index >= 15 is 0 Å². The zero-order valence-corrected chi connectivity index (χ0v) is 10.2. The fourth-order valence-electron chi connectivity index (χ4n) is 1.74. The Bertz CT molecular complexity index is 337. The van der Waals surface area contributed by atoms with E-state index in [9.17, 15) is 13.2 Å². The quantitative estimate of drug-likeness (QED) is 0.743. The Morgan fingerprint density at radius 2 is 2.07 bits per heavy atom. The molecular weight excluding hydrogens is 216 g/mol.